The summed E-state index contributed by atoms with van der Waals surface area (Å²) in [5, 5.41) is 7.83. The predicted octanol–water partition coefficient (Wildman–Crippen LogP) is 1.25. The number of hydrogen-bond acceptors (Lipinski definition) is 3. The van der Waals surface area contributed by atoms with Gasteiger partial charge in [0.1, 0.15) is 0 Å². The number of rotatable bonds is 5. The van der Waals surface area contributed by atoms with Crippen LogP contribution >= 0.6 is 0 Å². The summed E-state index contributed by atoms with van der Waals surface area (Å²) in [6.07, 6.45) is 1.78. The smallest absolute Gasteiger partial charge is 0.252 e. The fraction of sp³-hybridized carbons (Fsp3) is 0.417. The van der Waals surface area contributed by atoms with Gasteiger partial charge in [-0.2, -0.15) is 0 Å². The molecule has 1 amide bonds. The van der Waals surface area contributed by atoms with E-state index in [0.29, 0.717) is 0 Å². The number of primary sulfonamides is 1. The molecule has 5 nitrogen and oxygen atoms in total. The van der Waals surface area contributed by atoms with E-state index in [2.05, 4.69) is 5.32 Å². The normalized spacial score (nSPS) is 13.1. The summed E-state index contributed by atoms with van der Waals surface area (Å²) in [5.74, 6) is -0.416. The Bertz CT molecular complexity index is 526. The number of benzene rings is 1. The van der Waals surface area contributed by atoms with E-state index in [9.17, 15) is 13.2 Å². The van der Waals surface area contributed by atoms with E-state index >= 15 is 0 Å². The van der Waals surface area contributed by atoms with Gasteiger partial charge in [-0.15, -0.1) is 0 Å². The highest BCUT2D eigenvalue weighted by atomic mass is 32.2. The molecule has 1 aromatic rings. The largest absolute Gasteiger partial charge is 0.350 e. The molecule has 1 aromatic carbocycles. The molecule has 0 spiro atoms. The molecule has 0 aromatic heterocycles. The maximum Gasteiger partial charge on any atom is 0.252 e. The highest BCUT2D eigenvalue weighted by molar-refractivity contribution is 7.89. The van der Waals surface area contributed by atoms with E-state index < -0.39 is 15.9 Å². The third-order valence-corrected chi connectivity index (χ3v) is 3.51. The first-order valence-electron chi connectivity index (χ1n) is 5.79. The number of carbonyl (C=O) groups excluding carboxylic acids is 1. The summed E-state index contributed by atoms with van der Waals surface area (Å²) in [6, 6.07) is 5.92. The van der Waals surface area contributed by atoms with E-state index in [4.69, 9.17) is 5.14 Å². The van der Waals surface area contributed by atoms with Crippen LogP contribution in [0.3, 0.4) is 0 Å². The first-order valence-corrected chi connectivity index (χ1v) is 7.33. The predicted molar refractivity (Wildman–Crippen MR) is 69.7 cm³/mol. The van der Waals surface area contributed by atoms with Gasteiger partial charge in [-0.25, -0.2) is 13.6 Å². The Labute approximate surface area is 107 Å². The minimum Gasteiger partial charge on any atom is -0.350 e. The number of carbonyl (C=O) groups is 1. The Balaban J connectivity index is 3.00. The van der Waals surface area contributed by atoms with Crippen LogP contribution < -0.4 is 10.5 Å². The van der Waals surface area contributed by atoms with Crippen LogP contribution in [0, 0.1) is 0 Å². The summed E-state index contributed by atoms with van der Waals surface area (Å²) in [5.41, 5.74) is 0.0861. The van der Waals surface area contributed by atoms with Crippen LogP contribution in [0.25, 0.3) is 0 Å². The SMILES string of the molecule is CCCC(C)NC(=O)c1ccccc1S(N)(=O)=O. The van der Waals surface area contributed by atoms with Crippen molar-refractivity contribution in [2.24, 2.45) is 5.14 Å². The van der Waals surface area contributed by atoms with Gasteiger partial charge in [0.15, 0.2) is 0 Å². The Morgan fingerprint density at radius 3 is 2.56 bits per heavy atom. The van der Waals surface area contributed by atoms with Gasteiger partial charge < -0.3 is 5.32 Å². The van der Waals surface area contributed by atoms with Gasteiger partial charge in [0.25, 0.3) is 5.91 Å². The van der Waals surface area contributed by atoms with Crippen molar-refractivity contribution in [2.75, 3.05) is 0 Å². The van der Waals surface area contributed by atoms with Crippen molar-refractivity contribution in [1.82, 2.24) is 5.32 Å². The van der Waals surface area contributed by atoms with Gasteiger partial charge in [-0.3, -0.25) is 4.79 Å². The van der Waals surface area contributed by atoms with Crippen molar-refractivity contribution >= 4 is 15.9 Å². The van der Waals surface area contributed by atoms with Crippen LogP contribution in [0.2, 0.25) is 0 Å². The lowest BCUT2D eigenvalue weighted by atomic mass is 10.1. The lowest BCUT2D eigenvalue weighted by Crippen LogP contribution is -2.33. The van der Waals surface area contributed by atoms with Gasteiger partial charge in [-0.1, -0.05) is 25.5 Å². The molecule has 3 N–H and O–H groups in total. The van der Waals surface area contributed by atoms with Crippen LogP contribution in [0.4, 0.5) is 0 Å². The molecule has 1 rings (SSSR count). The van der Waals surface area contributed by atoms with Gasteiger partial charge in [0.2, 0.25) is 10.0 Å². The van der Waals surface area contributed by atoms with Crippen molar-refractivity contribution in [3.8, 4) is 0 Å². The van der Waals surface area contributed by atoms with E-state index in [1.165, 1.54) is 18.2 Å². The molecule has 1 atom stereocenters. The summed E-state index contributed by atoms with van der Waals surface area (Å²) in [7, 11) is -3.89. The van der Waals surface area contributed by atoms with Crippen LogP contribution in [-0.2, 0) is 10.0 Å². The van der Waals surface area contributed by atoms with Crippen molar-refractivity contribution in [1.29, 1.82) is 0 Å². The summed E-state index contributed by atoms with van der Waals surface area (Å²) >= 11 is 0. The van der Waals surface area contributed by atoms with E-state index in [-0.39, 0.29) is 16.5 Å². The topological polar surface area (TPSA) is 89.3 Å². The Morgan fingerprint density at radius 2 is 2.00 bits per heavy atom. The highest BCUT2D eigenvalue weighted by Crippen LogP contribution is 2.14. The highest BCUT2D eigenvalue weighted by Gasteiger charge is 2.19. The fourth-order valence-corrected chi connectivity index (χ4v) is 2.44. The fourth-order valence-electron chi connectivity index (χ4n) is 1.71. The number of hydrogen-bond donors (Lipinski definition) is 2. The van der Waals surface area contributed by atoms with Crippen molar-refractivity contribution in [3.05, 3.63) is 29.8 Å². The average Bonchev–Trinajstić information content (AvgIpc) is 2.28. The zero-order valence-corrected chi connectivity index (χ0v) is 11.3. The maximum absolute atomic E-state index is 12.0. The monoisotopic (exact) mass is 270 g/mol. The summed E-state index contributed by atoms with van der Waals surface area (Å²) in [6.45, 7) is 3.89. The second-order valence-electron chi connectivity index (χ2n) is 4.20. The average molecular weight is 270 g/mol. The number of sulfonamides is 1. The molecule has 0 heterocycles. The van der Waals surface area contributed by atoms with Gasteiger partial charge in [0.05, 0.1) is 10.5 Å². The molecule has 0 fully saturated rings. The molecular formula is C12H18N2O3S. The molecule has 0 saturated carbocycles. The molecule has 1 unspecified atom stereocenters. The molecule has 0 bridgehead atoms. The molecule has 0 saturated heterocycles. The second-order valence-corrected chi connectivity index (χ2v) is 5.73. The summed E-state index contributed by atoms with van der Waals surface area (Å²) < 4.78 is 22.7. The quantitative estimate of drug-likeness (QED) is 0.844. The zero-order chi connectivity index (χ0) is 13.8. The van der Waals surface area contributed by atoms with E-state index in [0.717, 1.165) is 12.8 Å². The molecule has 100 valence electrons. The van der Waals surface area contributed by atoms with Crippen LogP contribution in [0.1, 0.15) is 37.0 Å². The van der Waals surface area contributed by atoms with E-state index in [1.807, 2.05) is 13.8 Å². The van der Waals surface area contributed by atoms with Gasteiger partial charge in [-0.05, 0) is 25.5 Å². The number of nitrogens with two attached hydrogens (primary N) is 1. The zero-order valence-electron chi connectivity index (χ0n) is 10.5. The molecular weight excluding hydrogens is 252 g/mol. The first-order chi connectivity index (χ1) is 8.36. The third kappa shape index (κ3) is 3.82. The number of nitrogens with one attached hydrogen (secondary N) is 1. The Morgan fingerprint density at radius 1 is 1.39 bits per heavy atom. The van der Waals surface area contributed by atoms with Crippen molar-refractivity contribution in [3.63, 3.8) is 0 Å². The molecule has 18 heavy (non-hydrogen) atoms. The molecule has 0 aliphatic carbocycles. The Kier molecular flexibility index (Phi) is 4.86. The van der Waals surface area contributed by atoms with Crippen LogP contribution in [0.5, 0.6) is 0 Å². The lowest BCUT2D eigenvalue weighted by molar-refractivity contribution is 0.0935. The van der Waals surface area contributed by atoms with Gasteiger partial charge >= 0.3 is 0 Å². The minimum atomic E-state index is -3.89. The standard InChI is InChI=1S/C12H18N2O3S/c1-3-6-9(2)14-12(15)10-7-4-5-8-11(10)18(13,16)17/h4-5,7-9H,3,6H2,1-2H3,(H,14,15)(H2,13,16,17). The third-order valence-electron chi connectivity index (χ3n) is 2.54. The second kappa shape index (κ2) is 5.97. The van der Waals surface area contributed by atoms with Gasteiger partial charge in [0, 0.05) is 6.04 Å². The maximum atomic E-state index is 12.0. The Hall–Kier alpha value is -1.40. The van der Waals surface area contributed by atoms with Crippen molar-refractivity contribution < 1.29 is 13.2 Å². The summed E-state index contributed by atoms with van der Waals surface area (Å²) in [4.78, 5) is 11.8. The molecule has 6 heteroatoms. The molecule has 0 aliphatic heterocycles. The van der Waals surface area contributed by atoms with Crippen LogP contribution in [-0.4, -0.2) is 20.4 Å². The van der Waals surface area contributed by atoms with E-state index in [1.54, 1.807) is 6.07 Å². The molecule has 0 radical (unpaired) electrons. The van der Waals surface area contributed by atoms with Crippen LogP contribution in [0.15, 0.2) is 29.2 Å². The first kappa shape index (κ1) is 14.7. The molecule has 0 aliphatic rings. The lowest BCUT2D eigenvalue weighted by Gasteiger charge is -2.14. The van der Waals surface area contributed by atoms with Crippen molar-refractivity contribution in [2.45, 2.75) is 37.6 Å². The number of amides is 1. The minimum absolute atomic E-state index is 0.00367.